The van der Waals surface area contributed by atoms with E-state index in [1.165, 1.54) is 17.4 Å². The van der Waals surface area contributed by atoms with Gasteiger partial charge in [-0.2, -0.15) is 0 Å². The molecule has 1 atom stereocenters. The van der Waals surface area contributed by atoms with Crippen molar-refractivity contribution < 1.29 is 0 Å². The predicted molar refractivity (Wildman–Crippen MR) is 81.1 cm³/mol. The van der Waals surface area contributed by atoms with E-state index < -0.39 is 0 Å². The average Bonchev–Trinajstić information content (AvgIpc) is 2.37. The molecule has 0 saturated heterocycles. The summed E-state index contributed by atoms with van der Waals surface area (Å²) in [6.07, 6.45) is 3.07. The Morgan fingerprint density at radius 1 is 1.28 bits per heavy atom. The Hall–Kier alpha value is -0.930. The molecule has 3 heteroatoms. The first-order chi connectivity index (χ1) is 8.66. The number of hydrogen-bond donors (Lipinski definition) is 0. The van der Waals surface area contributed by atoms with Gasteiger partial charge in [-0.05, 0) is 37.7 Å². The van der Waals surface area contributed by atoms with E-state index in [1.807, 2.05) is 12.3 Å². The molecule has 0 amide bonds. The van der Waals surface area contributed by atoms with Crippen molar-refractivity contribution in [2.24, 2.45) is 0 Å². The highest BCUT2D eigenvalue weighted by molar-refractivity contribution is 9.09. The minimum atomic E-state index is 0.578. The maximum absolute atomic E-state index is 4.40. The van der Waals surface area contributed by atoms with Gasteiger partial charge in [-0.3, -0.25) is 4.98 Å². The first-order valence-electron chi connectivity index (χ1n) is 6.32. The van der Waals surface area contributed by atoms with Crippen LogP contribution in [0.3, 0.4) is 0 Å². The normalized spacial score (nSPS) is 13.1. The second kappa shape index (κ2) is 6.30. The summed E-state index contributed by atoms with van der Waals surface area (Å²) in [5.41, 5.74) is 2.43. The lowest BCUT2D eigenvalue weighted by molar-refractivity contribution is 0.324. The third-order valence-corrected chi connectivity index (χ3v) is 3.55. The maximum atomic E-state index is 4.40. The fourth-order valence-electron chi connectivity index (χ4n) is 2.06. The average molecular weight is 307 g/mol. The van der Waals surface area contributed by atoms with Gasteiger partial charge in [0, 0.05) is 23.0 Å². The molecule has 0 aliphatic carbocycles. The van der Waals surface area contributed by atoms with Gasteiger partial charge in [0.05, 0.1) is 5.52 Å². The number of pyridine rings is 1. The number of benzene rings is 1. The van der Waals surface area contributed by atoms with Crippen LogP contribution in [-0.2, 0) is 6.54 Å². The van der Waals surface area contributed by atoms with Crippen LogP contribution in [0.1, 0.15) is 18.9 Å². The van der Waals surface area contributed by atoms with Crippen LogP contribution in [0.25, 0.3) is 10.9 Å². The highest BCUT2D eigenvalue weighted by Gasteiger charge is 2.06. The Balaban J connectivity index is 2.11. The smallest absolute Gasteiger partial charge is 0.0705 e. The zero-order valence-electron chi connectivity index (χ0n) is 10.9. The van der Waals surface area contributed by atoms with E-state index in [0.717, 1.165) is 18.6 Å². The summed E-state index contributed by atoms with van der Waals surface area (Å²) in [5, 5.41) is 1.26. The molecule has 0 aliphatic rings. The summed E-state index contributed by atoms with van der Waals surface area (Å²) in [6, 6.07) is 10.5. The summed E-state index contributed by atoms with van der Waals surface area (Å²) in [5.74, 6) is 0. The highest BCUT2D eigenvalue weighted by Crippen LogP contribution is 2.17. The Bertz CT molecular complexity index is 505. The van der Waals surface area contributed by atoms with Crippen molar-refractivity contribution in [1.82, 2.24) is 9.88 Å². The summed E-state index contributed by atoms with van der Waals surface area (Å²) in [6.45, 7) is 4.27. The maximum Gasteiger partial charge on any atom is 0.0705 e. The van der Waals surface area contributed by atoms with Crippen molar-refractivity contribution >= 4 is 26.8 Å². The van der Waals surface area contributed by atoms with Crippen molar-refractivity contribution in [2.45, 2.75) is 24.7 Å². The quantitative estimate of drug-likeness (QED) is 0.780. The summed E-state index contributed by atoms with van der Waals surface area (Å²) < 4.78 is 0. The molecule has 1 aromatic heterocycles. The molecule has 1 aromatic carbocycles. The van der Waals surface area contributed by atoms with Crippen molar-refractivity contribution in [1.29, 1.82) is 0 Å². The number of alkyl halides is 1. The van der Waals surface area contributed by atoms with Gasteiger partial charge >= 0.3 is 0 Å². The molecule has 2 aromatic rings. The Morgan fingerprint density at radius 2 is 2.06 bits per heavy atom. The number of para-hydroxylation sites is 1. The topological polar surface area (TPSA) is 16.1 Å². The Kier molecular flexibility index (Phi) is 4.72. The lowest BCUT2D eigenvalue weighted by Crippen LogP contribution is -2.21. The van der Waals surface area contributed by atoms with Crippen molar-refractivity contribution in [3.63, 3.8) is 0 Å². The zero-order chi connectivity index (χ0) is 13.0. The molecule has 2 rings (SSSR count). The van der Waals surface area contributed by atoms with Gasteiger partial charge in [-0.1, -0.05) is 41.1 Å². The Morgan fingerprint density at radius 3 is 2.83 bits per heavy atom. The molecule has 2 nitrogen and oxygen atoms in total. The third kappa shape index (κ3) is 3.53. The monoisotopic (exact) mass is 306 g/mol. The number of rotatable bonds is 5. The molecule has 0 bridgehead atoms. The van der Waals surface area contributed by atoms with Crippen LogP contribution in [0.15, 0.2) is 36.5 Å². The van der Waals surface area contributed by atoms with Crippen molar-refractivity contribution in [3.05, 3.63) is 42.1 Å². The van der Waals surface area contributed by atoms with E-state index in [4.69, 9.17) is 0 Å². The van der Waals surface area contributed by atoms with E-state index in [0.29, 0.717) is 4.83 Å². The molecule has 1 heterocycles. The largest absolute Gasteiger partial charge is 0.302 e. The molecule has 0 saturated carbocycles. The predicted octanol–water partition coefficient (Wildman–Crippen LogP) is 3.84. The molecular formula is C15H19BrN2. The standard InChI is InChI=1S/C15H19BrN2/c1-12(16)8-10-18(2)11-13-7-9-17-15-6-4-3-5-14(13)15/h3-7,9,12H,8,10-11H2,1-2H3. The van der Waals surface area contributed by atoms with E-state index in [1.54, 1.807) is 0 Å². The molecule has 0 N–H and O–H groups in total. The molecule has 0 radical (unpaired) electrons. The van der Waals surface area contributed by atoms with Gasteiger partial charge in [-0.15, -0.1) is 0 Å². The lowest BCUT2D eigenvalue weighted by Gasteiger charge is -2.18. The van der Waals surface area contributed by atoms with Gasteiger partial charge in [0.2, 0.25) is 0 Å². The van der Waals surface area contributed by atoms with Crippen LogP contribution in [-0.4, -0.2) is 28.3 Å². The second-order valence-electron chi connectivity index (χ2n) is 4.79. The van der Waals surface area contributed by atoms with Crippen molar-refractivity contribution in [2.75, 3.05) is 13.6 Å². The lowest BCUT2D eigenvalue weighted by atomic mass is 10.1. The fourth-order valence-corrected chi connectivity index (χ4v) is 2.27. The summed E-state index contributed by atoms with van der Waals surface area (Å²) >= 11 is 3.59. The third-order valence-electron chi connectivity index (χ3n) is 3.09. The van der Waals surface area contributed by atoms with E-state index in [-0.39, 0.29) is 0 Å². The molecule has 0 fully saturated rings. The number of hydrogen-bond acceptors (Lipinski definition) is 2. The van der Waals surface area contributed by atoms with Gasteiger partial charge in [-0.25, -0.2) is 0 Å². The second-order valence-corrected chi connectivity index (χ2v) is 6.36. The summed E-state index contributed by atoms with van der Waals surface area (Å²) in [7, 11) is 2.17. The number of fused-ring (bicyclic) bond motifs is 1. The number of nitrogens with zero attached hydrogens (tertiary/aromatic N) is 2. The SMILES string of the molecule is CC(Br)CCN(C)Cc1ccnc2ccccc12. The zero-order valence-corrected chi connectivity index (χ0v) is 12.5. The molecule has 96 valence electrons. The van der Waals surface area contributed by atoms with Crippen LogP contribution in [0.4, 0.5) is 0 Å². The fraction of sp³-hybridized carbons (Fsp3) is 0.400. The van der Waals surface area contributed by atoms with Crippen LogP contribution >= 0.6 is 15.9 Å². The first kappa shape index (κ1) is 13.5. The molecular weight excluding hydrogens is 288 g/mol. The molecule has 18 heavy (non-hydrogen) atoms. The van der Waals surface area contributed by atoms with Gasteiger partial charge < -0.3 is 4.90 Å². The number of halogens is 1. The minimum Gasteiger partial charge on any atom is -0.302 e. The van der Waals surface area contributed by atoms with Crippen LogP contribution in [0.2, 0.25) is 0 Å². The van der Waals surface area contributed by atoms with E-state index in [2.05, 4.69) is 64.1 Å². The first-order valence-corrected chi connectivity index (χ1v) is 7.23. The van der Waals surface area contributed by atoms with Crippen molar-refractivity contribution in [3.8, 4) is 0 Å². The van der Waals surface area contributed by atoms with Crippen LogP contribution in [0.5, 0.6) is 0 Å². The van der Waals surface area contributed by atoms with Crippen LogP contribution in [0, 0.1) is 0 Å². The summed E-state index contributed by atoms with van der Waals surface area (Å²) in [4.78, 5) is 7.34. The van der Waals surface area contributed by atoms with Crippen LogP contribution < -0.4 is 0 Å². The molecule has 1 unspecified atom stereocenters. The molecule has 0 aliphatic heterocycles. The van der Waals surface area contributed by atoms with Gasteiger partial charge in [0.25, 0.3) is 0 Å². The molecule has 0 spiro atoms. The highest BCUT2D eigenvalue weighted by atomic mass is 79.9. The minimum absolute atomic E-state index is 0.578. The van der Waals surface area contributed by atoms with Gasteiger partial charge in [0.15, 0.2) is 0 Å². The van der Waals surface area contributed by atoms with Gasteiger partial charge in [0.1, 0.15) is 0 Å². The Labute approximate surface area is 117 Å². The van der Waals surface area contributed by atoms with E-state index >= 15 is 0 Å². The van der Waals surface area contributed by atoms with E-state index in [9.17, 15) is 0 Å². The number of aromatic nitrogens is 1.